The van der Waals surface area contributed by atoms with E-state index in [2.05, 4.69) is 20.1 Å². The molecule has 41 heavy (non-hydrogen) atoms. The third-order valence-corrected chi connectivity index (χ3v) is 6.84. The minimum Gasteiger partial charge on any atom is -0.480 e. The minimum absolute atomic E-state index is 0.149. The van der Waals surface area contributed by atoms with Crippen molar-refractivity contribution in [1.82, 2.24) is 10.6 Å². The van der Waals surface area contributed by atoms with Gasteiger partial charge < -0.3 is 25.6 Å². The zero-order valence-electron chi connectivity index (χ0n) is 21.7. The van der Waals surface area contributed by atoms with E-state index in [1.165, 1.54) is 48.5 Å². The molecule has 0 saturated carbocycles. The molecular weight excluding hydrogens is 584 g/mol. The number of benzene rings is 2. The summed E-state index contributed by atoms with van der Waals surface area (Å²) in [6.07, 6.45) is -0.989. The smallest absolute Gasteiger partial charge is 0.326 e. The van der Waals surface area contributed by atoms with Crippen molar-refractivity contribution in [3.8, 4) is 0 Å². The molecule has 0 aliphatic carbocycles. The van der Waals surface area contributed by atoms with Crippen LogP contribution in [0.2, 0.25) is 0 Å². The summed E-state index contributed by atoms with van der Waals surface area (Å²) in [4.78, 5) is 48.5. The Morgan fingerprint density at radius 3 is 1.27 bits per heavy atom. The van der Waals surface area contributed by atoms with E-state index >= 15 is 0 Å². The van der Waals surface area contributed by atoms with Crippen LogP contribution in [0.1, 0.15) is 11.1 Å². The van der Waals surface area contributed by atoms with Gasteiger partial charge in [0.25, 0.3) is 11.8 Å². The van der Waals surface area contributed by atoms with Gasteiger partial charge in [0, 0.05) is 24.2 Å². The van der Waals surface area contributed by atoms with Gasteiger partial charge in [-0.2, -0.15) is 0 Å². The number of hydrogen-bond donors (Lipinski definition) is 6. The van der Waals surface area contributed by atoms with E-state index in [1.54, 1.807) is 0 Å². The number of hydrogen-bond acceptors (Lipinski definition) is 9. The lowest BCUT2D eigenvalue weighted by Crippen LogP contribution is -2.47. The monoisotopic (exact) mass is 612 g/mol. The molecule has 6 N–H and O–H groups in total. The molecule has 1 aliphatic rings. The minimum atomic E-state index is -3.49. The third-order valence-electron chi connectivity index (χ3n) is 5.63. The maximum Gasteiger partial charge on any atom is 0.326 e. The van der Waals surface area contributed by atoms with Crippen LogP contribution in [0.25, 0.3) is 0 Å². The summed E-state index contributed by atoms with van der Waals surface area (Å²) >= 11 is 0. The number of ether oxygens (including phenoxy) is 1. The summed E-state index contributed by atoms with van der Waals surface area (Å²) in [5.41, 5.74) is 1.50. The summed E-state index contributed by atoms with van der Waals surface area (Å²) in [7, 11) is -6.99. The van der Waals surface area contributed by atoms with E-state index in [9.17, 15) is 46.2 Å². The Bertz CT molecular complexity index is 1410. The first-order valence-corrected chi connectivity index (χ1v) is 15.6. The van der Waals surface area contributed by atoms with E-state index in [0.717, 1.165) is 12.5 Å². The number of rotatable bonds is 14. The summed E-state index contributed by atoms with van der Waals surface area (Å²) in [5.74, 6) is -4.48. The number of carboxylic acids is 2. The number of sulfonamides is 2. The molecule has 0 radical (unpaired) electrons. The normalized spacial score (nSPS) is 17.9. The lowest BCUT2D eigenvalue weighted by atomic mass is 10.0. The zero-order chi connectivity index (χ0) is 30.5. The van der Waals surface area contributed by atoms with Crippen LogP contribution in [-0.2, 0) is 56.8 Å². The lowest BCUT2D eigenvalue weighted by Gasteiger charge is -2.15. The average molecular weight is 613 g/mol. The summed E-state index contributed by atoms with van der Waals surface area (Å²) < 4.78 is 54.9. The first-order chi connectivity index (χ1) is 19.0. The molecule has 222 valence electrons. The van der Waals surface area contributed by atoms with Crippen LogP contribution in [0.3, 0.4) is 0 Å². The van der Waals surface area contributed by atoms with E-state index in [4.69, 9.17) is 4.74 Å². The highest BCUT2D eigenvalue weighted by Crippen LogP contribution is 2.23. The van der Waals surface area contributed by atoms with Gasteiger partial charge in [-0.15, -0.1) is 0 Å². The Balaban J connectivity index is 1.55. The molecule has 2 aromatic rings. The topological polar surface area (TPSA) is 238 Å². The zero-order valence-corrected chi connectivity index (χ0v) is 23.4. The highest BCUT2D eigenvalue weighted by Gasteiger charge is 2.51. The molecule has 2 aromatic carbocycles. The number of amides is 2. The largest absolute Gasteiger partial charge is 0.480 e. The molecule has 0 aromatic heterocycles. The second kappa shape index (κ2) is 12.5. The molecule has 1 saturated heterocycles. The van der Waals surface area contributed by atoms with Crippen molar-refractivity contribution >= 4 is 55.2 Å². The second-order valence-corrected chi connectivity index (χ2v) is 12.8. The van der Waals surface area contributed by atoms with Crippen molar-refractivity contribution in [2.45, 2.75) is 37.1 Å². The molecule has 15 nitrogen and oxygen atoms in total. The van der Waals surface area contributed by atoms with Crippen LogP contribution in [-0.4, -0.2) is 87.6 Å². The Hall–Kier alpha value is -4.22. The van der Waals surface area contributed by atoms with Gasteiger partial charge >= 0.3 is 11.9 Å². The quantitative estimate of drug-likeness (QED) is 0.143. The van der Waals surface area contributed by atoms with Gasteiger partial charge in [0.15, 0.2) is 12.2 Å². The van der Waals surface area contributed by atoms with Gasteiger partial charge in [-0.3, -0.25) is 19.0 Å². The molecule has 2 amide bonds. The fraction of sp³-hybridized carbons (Fsp3) is 0.333. The molecule has 1 aliphatic heterocycles. The average Bonchev–Trinajstić information content (AvgIpc) is 3.65. The maximum atomic E-state index is 12.6. The van der Waals surface area contributed by atoms with Crippen molar-refractivity contribution in [3.05, 3.63) is 59.7 Å². The molecule has 0 spiro atoms. The number of carbonyl (C=O) groups excluding carboxylic acids is 2. The van der Waals surface area contributed by atoms with Crippen LogP contribution < -0.4 is 20.1 Å². The Kier molecular flexibility index (Phi) is 9.57. The van der Waals surface area contributed by atoms with Crippen molar-refractivity contribution in [3.63, 3.8) is 0 Å². The van der Waals surface area contributed by atoms with Crippen LogP contribution in [0.5, 0.6) is 0 Å². The van der Waals surface area contributed by atoms with E-state index in [1.807, 2.05) is 0 Å². The lowest BCUT2D eigenvalue weighted by molar-refractivity contribution is -0.142. The van der Waals surface area contributed by atoms with Gasteiger partial charge in [-0.1, -0.05) is 24.3 Å². The van der Waals surface area contributed by atoms with Gasteiger partial charge in [0.05, 0.1) is 12.5 Å². The highest BCUT2D eigenvalue weighted by atomic mass is 32.2. The highest BCUT2D eigenvalue weighted by molar-refractivity contribution is 7.92. The molecule has 1 fully saturated rings. The van der Waals surface area contributed by atoms with E-state index < -0.39 is 68.1 Å². The van der Waals surface area contributed by atoms with Crippen LogP contribution in [0, 0.1) is 0 Å². The first-order valence-electron chi connectivity index (χ1n) is 11.9. The van der Waals surface area contributed by atoms with Crippen LogP contribution >= 0.6 is 0 Å². The Labute approximate surface area is 235 Å². The number of nitrogens with one attached hydrogen (secondary N) is 4. The third kappa shape index (κ3) is 10.0. The maximum absolute atomic E-state index is 12.6. The number of carbonyl (C=O) groups is 4. The number of epoxide rings is 1. The Morgan fingerprint density at radius 2 is 1.00 bits per heavy atom. The number of carboxylic acid groups (broad SMARTS) is 2. The summed E-state index contributed by atoms with van der Waals surface area (Å²) in [5, 5.41) is 23.6. The van der Waals surface area contributed by atoms with Crippen LogP contribution in [0.15, 0.2) is 48.5 Å². The fourth-order valence-corrected chi connectivity index (χ4v) is 4.86. The SMILES string of the molecule is CS(=O)(=O)Nc1ccc(C[C@H](NC(=O)[C@H]2O[C@@H]2C(=O)N[C@@H](Cc2ccc(NS(C)(=O)=O)cc2)C(=O)O)C(=O)O)cc1. The van der Waals surface area contributed by atoms with Crippen LogP contribution in [0.4, 0.5) is 11.4 Å². The van der Waals surface area contributed by atoms with Gasteiger partial charge in [-0.25, -0.2) is 26.4 Å². The molecule has 4 atom stereocenters. The predicted octanol–water partition coefficient (Wildman–Crippen LogP) is -0.879. The fourth-order valence-electron chi connectivity index (χ4n) is 3.74. The number of anilines is 2. The van der Waals surface area contributed by atoms with Crippen molar-refractivity contribution < 1.29 is 51.0 Å². The van der Waals surface area contributed by atoms with Gasteiger partial charge in [-0.05, 0) is 35.4 Å². The molecular formula is C24H28N4O11S2. The molecule has 1 heterocycles. The molecule has 3 rings (SSSR count). The van der Waals surface area contributed by atoms with Crippen molar-refractivity contribution in [1.29, 1.82) is 0 Å². The molecule has 0 unspecified atom stereocenters. The van der Waals surface area contributed by atoms with Gasteiger partial charge in [0.2, 0.25) is 20.0 Å². The Morgan fingerprint density at radius 1 is 0.683 bits per heavy atom. The first kappa shape index (κ1) is 31.3. The molecule has 0 bridgehead atoms. The standard InChI is InChI=1S/C24H28N4O11S2/c1-40(35,36)27-15-7-3-13(4-8-15)11-17(23(31)32)25-21(29)19-20(39-19)22(30)26-18(24(33)34)12-14-5-9-16(10-6-14)28-41(2,37)38/h3-10,17-20,27-28H,11-12H2,1-2H3,(H,25,29)(H,26,30)(H,31,32)(H,33,34)/t17-,18-,19-,20-/m0/s1. The van der Waals surface area contributed by atoms with E-state index in [0.29, 0.717) is 11.1 Å². The predicted molar refractivity (Wildman–Crippen MR) is 145 cm³/mol. The van der Waals surface area contributed by atoms with Crippen molar-refractivity contribution in [2.24, 2.45) is 0 Å². The van der Waals surface area contributed by atoms with E-state index in [-0.39, 0.29) is 24.2 Å². The number of aliphatic carboxylic acids is 2. The van der Waals surface area contributed by atoms with Crippen molar-refractivity contribution in [2.75, 3.05) is 22.0 Å². The van der Waals surface area contributed by atoms with Gasteiger partial charge in [0.1, 0.15) is 12.1 Å². The summed E-state index contributed by atoms with van der Waals surface area (Å²) in [6, 6.07) is 8.89. The summed E-state index contributed by atoms with van der Waals surface area (Å²) in [6.45, 7) is 0. The molecule has 17 heteroatoms. The second-order valence-electron chi connectivity index (χ2n) is 9.33.